The molecule has 0 saturated carbocycles. The number of hydrogen-bond acceptors (Lipinski definition) is 7. The van der Waals surface area contributed by atoms with Gasteiger partial charge in [-0.1, -0.05) is 23.7 Å². The van der Waals surface area contributed by atoms with Crippen molar-refractivity contribution >= 4 is 28.5 Å². The molecule has 4 heterocycles. The molecule has 2 aliphatic rings. The molecule has 2 N–H and O–H groups in total. The van der Waals surface area contributed by atoms with Crippen LogP contribution in [0.25, 0.3) is 10.9 Å². The molecular weight excluding hydrogens is 490 g/mol. The van der Waals surface area contributed by atoms with Crippen LogP contribution < -0.4 is 9.64 Å². The Balaban J connectivity index is 1.25. The maximum absolute atomic E-state index is 10.4. The van der Waals surface area contributed by atoms with E-state index in [4.69, 9.17) is 21.1 Å². The third-order valence-electron chi connectivity index (χ3n) is 7.11. The lowest BCUT2D eigenvalue weighted by Crippen LogP contribution is -2.42. The third kappa shape index (κ3) is 5.15. The number of halogens is 1. The monoisotopic (exact) mass is 519 g/mol. The van der Waals surface area contributed by atoms with Gasteiger partial charge in [0.15, 0.2) is 0 Å². The zero-order chi connectivity index (χ0) is 25.2. The largest absolute Gasteiger partial charge is 0.491 e. The molecule has 192 valence electrons. The van der Waals surface area contributed by atoms with E-state index in [0.29, 0.717) is 25.7 Å². The standard InChI is InChI=1S/C28H30ClN5O3/c29-20-4-7-25-24(16-20)23-8-11-34(28-30-9-1-10-31-28)27(26(23)32-25)19-2-5-22(6-3-19)37-18-21(35)17-33-12-14-36-15-13-33/h1-7,9-10,16,21,27,32,35H,8,11-15,17-18H2/t21-,27+/m1/s1. The molecule has 6 rings (SSSR count). The lowest BCUT2D eigenvalue weighted by molar-refractivity contribution is 0.00465. The zero-order valence-electron chi connectivity index (χ0n) is 20.5. The summed E-state index contributed by atoms with van der Waals surface area (Å²) in [4.78, 5) is 17.2. The third-order valence-corrected chi connectivity index (χ3v) is 7.34. The summed E-state index contributed by atoms with van der Waals surface area (Å²) in [7, 11) is 0. The van der Waals surface area contributed by atoms with Crippen LogP contribution in [0.15, 0.2) is 60.9 Å². The number of anilines is 1. The number of benzene rings is 2. The van der Waals surface area contributed by atoms with Gasteiger partial charge in [-0.15, -0.1) is 0 Å². The van der Waals surface area contributed by atoms with Crippen molar-refractivity contribution in [1.82, 2.24) is 19.9 Å². The van der Waals surface area contributed by atoms with Gasteiger partial charge in [-0.3, -0.25) is 4.90 Å². The van der Waals surface area contributed by atoms with E-state index in [-0.39, 0.29) is 12.6 Å². The predicted molar refractivity (Wildman–Crippen MR) is 143 cm³/mol. The van der Waals surface area contributed by atoms with E-state index in [9.17, 15) is 5.11 Å². The molecule has 0 bridgehead atoms. The van der Waals surface area contributed by atoms with Gasteiger partial charge in [-0.25, -0.2) is 9.97 Å². The van der Waals surface area contributed by atoms with Crippen molar-refractivity contribution in [1.29, 1.82) is 0 Å². The Hall–Kier alpha value is -3.17. The van der Waals surface area contributed by atoms with Crippen molar-refractivity contribution in [2.75, 3.05) is 50.9 Å². The van der Waals surface area contributed by atoms with Gasteiger partial charge in [0, 0.05) is 60.2 Å². The highest BCUT2D eigenvalue weighted by Crippen LogP contribution is 2.40. The topological polar surface area (TPSA) is 86.7 Å². The van der Waals surface area contributed by atoms with Gasteiger partial charge in [0.05, 0.1) is 19.3 Å². The zero-order valence-corrected chi connectivity index (χ0v) is 21.3. The fourth-order valence-corrected chi connectivity index (χ4v) is 5.51. The van der Waals surface area contributed by atoms with E-state index < -0.39 is 6.10 Å². The van der Waals surface area contributed by atoms with E-state index in [1.54, 1.807) is 12.4 Å². The predicted octanol–water partition coefficient (Wildman–Crippen LogP) is 3.84. The maximum atomic E-state index is 10.4. The summed E-state index contributed by atoms with van der Waals surface area (Å²) in [5.74, 6) is 1.42. The number of aliphatic hydroxyl groups is 1. The number of β-amino-alcohol motifs (C(OH)–C–C–N with tert-alkyl or cyclic N) is 1. The molecule has 37 heavy (non-hydrogen) atoms. The first-order chi connectivity index (χ1) is 18.2. The van der Waals surface area contributed by atoms with Crippen molar-refractivity contribution in [3.05, 3.63) is 82.8 Å². The van der Waals surface area contributed by atoms with Gasteiger partial charge >= 0.3 is 0 Å². The molecule has 4 aromatic rings. The number of nitrogens with zero attached hydrogens (tertiary/aromatic N) is 4. The molecule has 0 amide bonds. The minimum Gasteiger partial charge on any atom is -0.491 e. The summed E-state index contributed by atoms with van der Waals surface area (Å²) in [6.45, 7) is 4.74. The quantitative estimate of drug-likeness (QED) is 0.383. The first-order valence-electron chi connectivity index (χ1n) is 12.7. The number of hydrogen-bond donors (Lipinski definition) is 2. The second-order valence-corrected chi connectivity index (χ2v) is 9.99. The van der Waals surface area contributed by atoms with E-state index in [0.717, 1.165) is 59.0 Å². The maximum Gasteiger partial charge on any atom is 0.226 e. The molecular formula is C28H30ClN5O3. The van der Waals surface area contributed by atoms with Crippen LogP contribution in [-0.4, -0.2) is 77.1 Å². The van der Waals surface area contributed by atoms with Crippen LogP contribution in [0.1, 0.15) is 22.9 Å². The number of H-pyrrole nitrogens is 1. The molecule has 9 heteroatoms. The van der Waals surface area contributed by atoms with Crippen molar-refractivity contribution < 1.29 is 14.6 Å². The summed E-state index contributed by atoms with van der Waals surface area (Å²) in [6.07, 6.45) is 3.87. The minimum absolute atomic E-state index is 0.0849. The summed E-state index contributed by atoms with van der Waals surface area (Å²) < 4.78 is 11.3. The molecule has 1 fully saturated rings. The highest BCUT2D eigenvalue weighted by Gasteiger charge is 2.33. The van der Waals surface area contributed by atoms with Crippen LogP contribution in [0.2, 0.25) is 5.02 Å². The van der Waals surface area contributed by atoms with Gasteiger partial charge in [-0.05, 0) is 53.9 Å². The van der Waals surface area contributed by atoms with E-state index >= 15 is 0 Å². The molecule has 1 saturated heterocycles. The number of ether oxygens (including phenoxy) is 2. The molecule has 2 atom stereocenters. The Morgan fingerprint density at radius 2 is 1.86 bits per heavy atom. The smallest absolute Gasteiger partial charge is 0.226 e. The number of aromatic amines is 1. The molecule has 0 aliphatic carbocycles. The van der Waals surface area contributed by atoms with Crippen molar-refractivity contribution in [2.45, 2.75) is 18.6 Å². The molecule has 0 unspecified atom stereocenters. The van der Waals surface area contributed by atoms with Gasteiger partial charge in [0.25, 0.3) is 0 Å². The van der Waals surface area contributed by atoms with Crippen LogP contribution in [0.5, 0.6) is 5.75 Å². The number of nitrogens with one attached hydrogen (secondary N) is 1. The average Bonchev–Trinajstić information content (AvgIpc) is 3.30. The number of morpholine rings is 1. The number of rotatable bonds is 7. The van der Waals surface area contributed by atoms with Gasteiger partial charge < -0.3 is 24.5 Å². The average molecular weight is 520 g/mol. The van der Waals surface area contributed by atoms with Gasteiger partial charge in [0.2, 0.25) is 5.95 Å². The molecule has 8 nitrogen and oxygen atoms in total. The van der Waals surface area contributed by atoms with E-state index in [1.165, 1.54) is 5.56 Å². The first kappa shape index (κ1) is 24.2. The molecule has 2 aromatic heterocycles. The van der Waals surface area contributed by atoms with Crippen LogP contribution in [0.3, 0.4) is 0 Å². The molecule has 0 spiro atoms. The fourth-order valence-electron chi connectivity index (χ4n) is 5.34. The second kappa shape index (κ2) is 10.7. The van der Waals surface area contributed by atoms with Gasteiger partial charge in [-0.2, -0.15) is 0 Å². The Morgan fingerprint density at radius 3 is 2.65 bits per heavy atom. The normalized spacial score (nSPS) is 19.1. The van der Waals surface area contributed by atoms with E-state index in [1.807, 2.05) is 36.4 Å². The van der Waals surface area contributed by atoms with Crippen LogP contribution in [0, 0.1) is 0 Å². The Kier molecular flexibility index (Phi) is 6.97. The van der Waals surface area contributed by atoms with Gasteiger partial charge in [0.1, 0.15) is 18.5 Å². The highest BCUT2D eigenvalue weighted by molar-refractivity contribution is 6.31. The first-order valence-corrected chi connectivity index (χ1v) is 13.1. The number of aliphatic hydroxyl groups excluding tert-OH is 1. The lowest BCUT2D eigenvalue weighted by atomic mass is 9.92. The highest BCUT2D eigenvalue weighted by atomic mass is 35.5. The second-order valence-electron chi connectivity index (χ2n) is 9.55. The lowest BCUT2D eigenvalue weighted by Gasteiger charge is -2.36. The van der Waals surface area contributed by atoms with E-state index in [2.05, 4.69) is 36.9 Å². The van der Waals surface area contributed by atoms with Crippen molar-refractivity contribution in [3.8, 4) is 5.75 Å². The Bertz CT molecular complexity index is 1340. The summed E-state index contributed by atoms with van der Waals surface area (Å²) >= 11 is 6.34. The molecule has 2 aliphatic heterocycles. The minimum atomic E-state index is -0.553. The molecule has 0 radical (unpaired) electrons. The van der Waals surface area contributed by atoms with Crippen molar-refractivity contribution in [2.24, 2.45) is 0 Å². The summed E-state index contributed by atoms with van der Waals surface area (Å²) in [5, 5.41) is 12.3. The Morgan fingerprint density at radius 1 is 1.08 bits per heavy atom. The fraction of sp³-hybridized carbons (Fsp3) is 0.357. The van der Waals surface area contributed by atoms with Crippen LogP contribution in [0.4, 0.5) is 5.95 Å². The Labute approximate surface area is 220 Å². The van der Waals surface area contributed by atoms with Crippen LogP contribution >= 0.6 is 11.6 Å². The number of aromatic nitrogens is 3. The summed E-state index contributed by atoms with van der Waals surface area (Å²) in [6, 6.07) is 15.8. The van der Waals surface area contributed by atoms with Crippen LogP contribution in [-0.2, 0) is 11.2 Å². The SMILES string of the molecule is O[C@@H](COc1ccc([C@H]2c3[nH]c4ccc(Cl)cc4c3CCN2c2ncccn2)cc1)CN1CCOCC1. The van der Waals surface area contributed by atoms with Crippen molar-refractivity contribution in [3.63, 3.8) is 0 Å². The molecule has 2 aromatic carbocycles. The summed E-state index contributed by atoms with van der Waals surface area (Å²) in [5.41, 5.74) is 4.59. The number of fused-ring (bicyclic) bond motifs is 3.